The smallest absolute Gasteiger partial charge is 0.179 e. The highest BCUT2D eigenvalue weighted by Crippen LogP contribution is 2.23. The van der Waals surface area contributed by atoms with Crippen molar-refractivity contribution in [2.45, 2.75) is 13.2 Å². The second kappa shape index (κ2) is 8.62. The van der Waals surface area contributed by atoms with E-state index in [1.807, 2.05) is 66.7 Å². The Hall–Kier alpha value is -4.26. The zero-order chi connectivity index (χ0) is 20.9. The number of hydrogen-bond acceptors (Lipinski definition) is 6. The highest BCUT2D eigenvalue weighted by atomic mass is 16.5. The van der Waals surface area contributed by atoms with Crippen LogP contribution in [0.3, 0.4) is 0 Å². The first-order chi connectivity index (χ1) is 15.3. The molecule has 5 aromatic rings. The molecule has 0 saturated carbocycles. The van der Waals surface area contributed by atoms with Gasteiger partial charge in [-0.1, -0.05) is 54.6 Å². The van der Waals surface area contributed by atoms with Crippen LogP contribution in [0.2, 0.25) is 0 Å². The lowest BCUT2D eigenvalue weighted by Gasteiger charge is -2.12. The van der Waals surface area contributed by atoms with Crippen LogP contribution in [0.15, 0.2) is 84.9 Å². The highest BCUT2D eigenvalue weighted by Gasteiger charge is 2.08. The van der Waals surface area contributed by atoms with E-state index >= 15 is 0 Å². The van der Waals surface area contributed by atoms with Crippen molar-refractivity contribution in [3.63, 3.8) is 0 Å². The second-order valence-electron chi connectivity index (χ2n) is 7.07. The van der Waals surface area contributed by atoms with E-state index in [1.54, 1.807) is 0 Å². The normalized spacial score (nSPS) is 10.8. The van der Waals surface area contributed by atoms with Crippen LogP contribution in [0.4, 0.5) is 5.69 Å². The van der Waals surface area contributed by atoms with Gasteiger partial charge in [-0.15, -0.1) is 5.10 Å². The van der Waals surface area contributed by atoms with Crippen molar-refractivity contribution in [3.8, 4) is 17.1 Å². The topological polar surface area (TPSA) is 88.6 Å². The van der Waals surface area contributed by atoms with Crippen molar-refractivity contribution < 1.29 is 4.74 Å². The van der Waals surface area contributed by atoms with Gasteiger partial charge in [0.2, 0.25) is 0 Å². The lowest BCUT2D eigenvalue weighted by atomic mass is 10.1. The van der Waals surface area contributed by atoms with Gasteiger partial charge in [-0.3, -0.25) is 0 Å². The molecule has 0 bridgehead atoms. The number of aromatic nitrogens is 5. The molecular formula is C24H20N6O. The fraction of sp³-hybridized carbons (Fsp3) is 0.0833. The number of nitrogens with one attached hydrogen (secondary N) is 2. The third kappa shape index (κ3) is 4.35. The standard InChI is InChI=1S/C24H20N6O/c1-3-10-22(24-27-29-30-28-24)18(7-1)15-25-19-8-5-9-21(14-19)31-16-20-13-12-17-6-2-4-11-23(17)26-20/h1-14,25H,15-16H2,(H,27,28,29,30). The van der Waals surface area contributed by atoms with Gasteiger partial charge in [-0.25, -0.2) is 10.1 Å². The Balaban J connectivity index is 1.25. The Labute approximate surface area is 179 Å². The van der Waals surface area contributed by atoms with Gasteiger partial charge in [0.15, 0.2) is 5.82 Å². The number of aromatic amines is 1. The number of anilines is 1. The van der Waals surface area contributed by atoms with Crippen molar-refractivity contribution in [1.29, 1.82) is 0 Å². The SMILES string of the molecule is c1cc(NCc2ccccc2-c2nnn[nH]2)cc(OCc2ccc3ccccc3n2)c1. The molecule has 152 valence electrons. The molecule has 7 nitrogen and oxygen atoms in total. The van der Waals surface area contributed by atoms with Gasteiger partial charge in [0.05, 0.1) is 11.2 Å². The van der Waals surface area contributed by atoms with Crippen molar-refractivity contribution in [3.05, 3.63) is 96.2 Å². The number of rotatable bonds is 7. The Kier molecular flexibility index (Phi) is 5.22. The monoisotopic (exact) mass is 408 g/mol. The van der Waals surface area contributed by atoms with Crippen molar-refractivity contribution in [1.82, 2.24) is 25.6 Å². The maximum Gasteiger partial charge on any atom is 0.179 e. The molecule has 0 unspecified atom stereocenters. The summed E-state index contributed by atoms with van der Waals surface area (Å²) < 4.78 is 5.98. The molecule has 0 atom stereocenters. The number of tetrazole rings is 1. The predicted octanol–water partition coefficient (Wildman–Crippen LogP) is 4.61. The molecule has 0 aliphatic rings. The molecule has 5 rings (SSSR count). The van der Waals surface area contributed by atoms with Crippen LogP contribution in [0.25, 0.3) is 22.3 Å². The molecule has 2 aromatic heterocycles. The quantitative estimate of drug-likeness (QED) is 0.409. The molecule has 0 aliphatic carbocycles. The second-order valence-corrected chi connectivity index (χ2v) is 7.07. The lowest BCUT2D eigenvalue weighted by molar-refractivity contribution is 0.302. The summed E-state index contributed by atoms with van der Waals surface area (Å²) in [5.41, 5.74) is 4.89. The first-order valence-electron chi connectivity index (χ1n) is 9.98. The number of fused-ring (bicyclic) bond motifs is 1. The average Bonchev–Trinajstić information content (AvgIpc) is 3.37. The number of para-hydroxylation sites is 1. The minimum Gasteiger partial charge on any atom is -0.487 e. The maximum atomic E-state index is 5.98. The molecule has 7 heteroatoms. The summed E-state index contributed by atoms with van der Waals surface area (Å²) in [7, 11) is 0. The van der Waals surface area contributed by atoms with Gasteiger partial charge in [0.25, 0.3) is 0 Å². The number of pyridine rings is 1. The summed E-state index contributed by atoms with van der Waals surface area (Å²) in [5.74, 6) is 1.44. The number of benzene rings is 3. The highest BCUT2D eigenvalue weighted by molar-refractivity contribution is 5.78. The van der Waals surface area contributed by atoms with E-state index in [9.17, 15) is 0 Å². The minimum absolute atomic E-state index is 0.412. The molecule has 3 aromatic carbocycles. The number of ether oxygens (including phenoxy) is 1. The molecule has 0 amide bonds. The van der Waals surface area contributed by atoms with Crippen LogP contribution in [-0.4, -0.2) is 25.6 Å². The van der Waals surface area contributed by atoms with Crippen LogP contribution < -0.4 is 10.1 Å². The lowest BCUT2D eigenvalue weighted by Crippen LogP contribution is -2.03. The van der Waals surface area contributed by atoms with Gasteiger partial charge < -0.3 is 10.1 Å². The van der Waals surface area contributed by atoms with Crippen molar-refractivity contribution in [2.24, 2.45) is 0 Å². The Morgan fingerprint density at radius 3 is 2.71 bits per heavy atom. The molecule has 0 spiro atoms. The Morgan fingerprint density at radius 2 is 1.77 bits per heavy atom. The fourth-order valence-corrected chi connectivity index (χ4v) is 3.42. The molecule has 0 aliphatic heterocycles. The Morgan fingerprint density at radius 1 is 0.871 bits per heavy atom. The van der Waals surface area contributed by atoms with Crippen molar-refractivity contribution >= 4 is 16.6 Å². The summed E-state index contributed by atoms with van der Waals surface area (Å²) in [6, 6.07) is 28.1. The number of nitrogens with zero attached hydrogens (tertiary/aromatic N) is 4. The molecule has 0 fully saturated rings. The summed E-state index contributed by atoms with van der Waals surface area (Å²) in [5, 5.41) is 18.7. The van der Waals surface area contributed by atoms with E-state index in [1.165, 1.54) is 0 Å². The molecular weight excluding hydrogens is 388 g/mol. The largest absolute Gasteiger partial charge is 0.487 e. The third-order valence-corrected chi connectivity index (χ3v) is 4.98. The number of H-pyrrole nitrogens is 1. The van der Waals surface area contributed by atoms with E-state index in [-0.39, 0.29) is 0 Å². The molecule has 0 radical (unpaired) electrons. The van der Waals surface area contributed by atoms with Crippen LogP contribution in [0.5, 0.6) is 5.75 Å². The van der Waals surface area contributed by atoms with E-state index in [2.05, 4.69) is 49.1 Å². The summed E-state index contributed by atoms with van der Waals surface area (Å²) in [6.45, 7) is 1.04. The van der Waals surface area contributed by atoms with Crippen molar-refractivity contribution in [2.75, 3.05) is 5.32 Å². The van der Waals surface area contributed by atoms with E-state index in [4.69, 9.17) is 4.74 Å². The minimum atomic E-state index is 0.412. The van der Waals surface area contributed by atoms with Gasteiger partial charge in [0.1, 0.15) is 12.4 Å². The molecule has 2 heterocycles. The van der Waals surface area contributed by atoms with E-state index in [0.717, 1.165) is 39.2 Å². The summed E-state index contributed by atoms with van der Waals surface area (Å²) in [6.07, 6.45) is 0. The van der Waals surface area contributed by atoms with E-state index < -0.39 is 0 Å². The van der Waals surface area contributed by atoms with E-state index in [0.29, 0.717) is 19.0 Å². The molecule has 0 saturated heterocycles. The van der Waals surface area contributed by atoms with Crippen LogP contribution in [0, 0.1) is 0 Å². The summed E-state index contributed by atoms with van der Waals surface area (Å²) in [4.78, 5) is 4.66. The van der Waals surface area contributed by atoms with Crippen LogP contribution in [0.1, 0.15) is 11.3 Å². The molecule has 2 N–H and O–H groups in total. The van der Waals surface area contributed by atoms with Crippen LogP contribution >= 0.6 is 0 Å². The first kappa shape index (κ1) is 18.7. The Bertz CT molecular complexity index is 1300. The zero-order valence-electron chi connectivity index (χ0n) is 16.7. The third-order valence-electron chi connectivity index (χ3n) is 4.98. The fourth-order valence-electron chi connectivity index (χ4n) is 3.42. The van der Waals surface area contributed by atoms with Gasteiger partial charge in [-0.05, 0) is 40.3 Å². The van der Waals surface area contributed by atoms with Gasteiger partial charge in [-0.2, -0.15) is 0 Å². The number of hydrogen-bond donors (Lipinski definition) is 2. The average molecular weight is 408 g/mol. The molecule has 31 heavy (non-hydrogen) atoms. The first-order valence-corrected chi connectivity index (χ1v) is 9.98. The van der Waals surface area contributed by atoms with Gasteiger partial charge >= 0.3 is 0 Å². The summed E-state index contributed by atoms with van der Waals surface area (Å²) >= 11 is 0. The maximum absolute atomic E-state index is 5.98. The predicted molar refractivity (Wildman–Crippen MR) is 119 cm³/mol. The van der Waals surface area contributed by atoms with Crippen LogP contribution in [-0.2, 0) is 13.2 Å². The zero-order valence-corrected chi connectivity index (χ0v) is 16.7. The van der Waals surface area contributed by atoms with Gasteiger partial charge in [0, 0.05) is 29.2 Å².